The molecule has 0 saturated heterocycles. The van der Waals surface area contributed by atoms with Crippen LogP contribution in [0.15, 0.2) is 42.7 Å². The van der Waals surface area contributed by atoms with Crippen molar-refractivity contribution in [2.45, 2.75) is 13.1 Å². The molecule has 0 aliphatic heterocycles. The maximum Gasteiger partial charge on any atom is 0.354 e. The van der Waals surface area contributed by atoms with Crippen molar-refractivity contribution in [3.63, 3.8) is 0 Å². The van der Waals surface area contributed by atoms with E-state index in [4.69, 9.17) is 5.11 Å². The molecule has 0 bridgehead atoms. The van der Waals surface area contributed by atoms with Crippen LogP contribution in [0.1, 0.15) is 21.7 Å². The van der Waals surface area contributed by atoms with Crippen molar-refractivity contribution < 1.29 is 9.90 Å². The third-order valence-corrected chi connectivity index (χ3v) is 2.41. The maximum absolute atomic E-state index is 10.8. The lowest BCUT2D eigenvalue weighted by atomic mass is 10.2. The second-order valence-corrected chi connectivity index (χ2v) is 3.78. The minimum Gasteiger partial charge on any atom is -0.477 e. The number of nitrogens with one attached hydrogen (secondary N) is 1. The molecule has 5 nitrogen and oxygen atoms in total. The molecule has 0 aliphatic rings. The first-order valence-electron chi connectivity index (χ1n) is 5.54. The van der Waals surface area contributed by atoms with Crippen molar-refractivity contribution >= 4 is 5.97 Å². The summed E-state index contributed by atoms with van der Waals surface area (Å²) in [7, 11) is 0. The molecule has 2 aromatic heterocycles. The maximum atomic E-state index is 10.8. The summed E-state index contributed by atoms with van der Waals surface area (Å²) in [6.45, 7) is 1.23. The fourth-order valence-electron chi connectivity index (χ4n) is 1.53. The first kappa shape index (κ1) is 12.2. The predicted molar refractivity (Wildman–Crippen MR) is 66.0 cm³/mol. The molecule has 2 rings (SSSR count). The third kappa shape index (κ3) is 3.36. The summed E-state index contributed by atoms with van der Waals surface area (Å²) >= 11 is 0. The molecule has 2 aromatic rings. The van der Waals surface area contributed by atoms with Gasteiger partial charge in [-0.05, 0) is 29.8 Å². The Balaban J connectivity index is 1.90. The molecule has 0 atom stereocenters. The van der Waals surface area contributed by atoms with Crippen LogP contribution in [0.4, 0.5) is 0 Å². The Hall–Kier alpha value is -2.27. The van der Waals surface area contributed by atoms with Crippen molar-refractivity contribution in [3.8, 4) is 0 Å². The summed E-state index contributed by atoms with van der Waals surface area (Å²) < 4.78 is 0. The molecule has 0 unspecified atom stereocenters. The highest BCUT2D eigenvalue weighted by molar-refractivity contribution is 5.85. The number of carbonyl (C=O) groups is 1. The van der Waals surface area contributed by atoms with Gasteiger partial charge in [-0.1, -0.05) is 6.07 Å². The number of nitrogens with zero attached hydrogens (tertiary/aromatic N) is 2. The van der Waals surface area contributed by atoms with Crippen LogP contribution in [0.2, 0.25) is 0 Å². The van der Waals surface area contributed by atoms with Gasteiger partial charge in [-0.25, -0.2) is 9.78 Å². The van der Waals surface area contributed by atoms with Gasteiger partial charge in [-0.15, -0.1) is 0 Å². The molecule has 0 aliphatic carbocycles. The van der Waals surface area contributed by atoms with Gasteiger partial charge in [0, 0.05) is 25.5 Å². The highest BCUT2D eigenvalue weighted by atomic mass is 16.4. The van der Waals surface area contributed by atoms with Gasteiger partial charge in [0.15, 0.2) is 0 Å². The zero-order valence-electron chi connectivity index (χ0n) is 9.71. The van der Waals surface area contributed by atoms with Crippen molar-refractivity contribution in [2.75, 3.05) is 0 Å². The smallest absolute Gasteiger partial charge is 0.354 e. The summed E-state index contributed by atoms with van der Waals surface area (Å²) in [5.41, 5.74) is 1.90. The Morgan fingerprint density at radius 1 is 1.17 bits per heavy atom. The Bertz CT molecular complexity index is 529. The van der Waals surface area contributed by atoms with E-state index >= 15 is 0 Å². The largest absolute Gasteiger partial charge is 0.477 e. The van der Waals surface area contributed by atoms with Crippen LogP contribution in [-0.2, 0) is 13.1 Å². The minimum absolute atomic E-state index is 0.0678. The molecule has 0 fully saturated rings. The van der Waals surface area contributed by atoms with Gasteiger partial charge >= 0.3 is 5.97 Å². The Kier molecular flexibility index (Phi) is 3.98. The first-order valence-corrected chi connectivity index (χ1v) is 5.54. The predicted octanol–water partition coefficient (Wildman–Crippen LogP) is 1.46. The van der Waals surface area contributed by atoms with Crippen LogP contribution >= 0.6 is 0 Å². The Labute approximate surface area is 105 Å². The summed E-state index contributed by atoms with van der Waals surface area (Å²) in [6, 6.07) is 8.82. The van der Waals surface area contributed by atoms with Crippen LogP contribution < -0.4 is 5.32 Å². The van der Waals surface area contributed by atoms with Gasteiger partial charge in [-0.3, -0.25) is 4.98 Å². The molecule has 0 saturated carbocycles. The topological polar surface area (TPSA) is 75.1 Å². The molecule has 92 valence electrons. The lowest BCUT2D eigenvalue weighted by Crippen LogP contribution is -2.14. The van der Waals surface area contributed by atoms with E-state index in [0.717, 1.165) is 5.56 Å². The Morgan fingerprint density at radius 3 is 2.67 bits per heavy atom. The standard InChI is InChI=1S/C13H13N3O2/c17-13(18)12-3-1-2-11(16-12)9-15-8-10-4-6-14-7-5-10/h1-7,15H,8-9H2,(H,17,18). The molecular formula is C13H13N3O2. The first-order chi connectivity index (χ1) is 8.75. The van der Waals surface area contributed by atoms with Gasteiger partial charge in [0.1, 0.15) is 5.69 Å². The lowest BCUT2D eigenvalue weighted by molar-refractivity contribution is 0.0690. The summed E-state index contributed by atoms with van der Waals surface area (Å²) in [6.07, 6.45) is 3.47. The number of carboxylic acids is 1. The zero-order chi connectivity index (χ0) is 12.8. The molecule has 2 N–H and O–H groups in total. The monoisotopic (exact) mass is 243 g/mol. The molecule has 0 spiro atoms. The number of pyridine rings is 2. The number of hydrogen-bond donors (Lipinski definition) is 2. The van der Waals surface area contributed by atoms with Gasteiger partial charge < -0.3 is 10.4 Å². The molecule has 0 aromatic carbocycles. The number of carboxylic acid groups (broad SMARTS) is 1. The van der Waals surface area contributed by atoms with E-state index in [-0.39, 0.29) is 5.69 Å². The molecule has 5 heteroatoms. The quantitative estimate of drug-likeness (QED) is 0.831. The molecule has 0 radical (unpaired) electrons. The lowest BCUT2D eigenvalue weighted by Gasteiger charge is -2.04. The molecule has 0 amide bonds. The number of aromatic nitrogens is 2. The van der Waals surface area contributed by atoms with Crippen LogP contribution in [0.3, 0.4) is 0 Å². The number of aromatic carboxylic acids is 1. The van der Waals surface area contributed by atoms with Crippen molar-refractivity contribution in [1.82, 2.24) is 15.3 Å². The molecule has 18 heavy (non-hydrogen) atoms. The average Bonchev–Trinajstić information content (AvgIpc) is 2.40. The van der Waals surface area contributed by atoms with E-state index in [1.807, 2.05) is 12.1 Å². The minimum atomic E-state index is -1.01. The average molecular weight is 243 g/mol. The summed E-state index contributed by atoms with van der Waals surface area (Å²) in [5, 5.41) is 12.0. The van der Waals surface area contributed by atoms with Gasteiger partial charge in [0.2, 0.25) is 0 Å². The molecular weight excluding hydrogens is 230 g/mol. The zero-order valence-corrected chi connectivity index (χ0v) is 9.71. The van der Waals surface area contributed by atoms with E-state index < -0.39 is 5.97 Å². The van der Waals surface area contributed by atoms with Crippen LogP contribution in [0.5, 0.6) is 0 Å². The number of hydrogen-bond acceptors (Lipinski definition) is 4. The van der Waals surface area contributed by atoms with Crippen molar-refractivity contribution in [1.29, 1.82) is 0 Å². The summed E-state index contributed by atoms with van der Waals surface area (Å²) in [5.74, 6) is -1.01. The summed E-state index contributed by atoms with van der Waals surface area (Å²) in [4.78, 5) is 18.7. The van der Waals surface area contributed by atoms with E-state index in [9.17, 15) is 4.79 Å². The van der Waals surface area contributed by atoms with E-state index in [1.165, 1.54) is 6.07 Å². The number of rotatable bonds is 5. The van der Waals surface area contributed by atoms with Crippen LogP contribution in [0.25, 0.3) is 0 Å². The van der Waals surface area contributed by atoms with E-state index in [2.05, 4.69) is 15.3 Å². The van der Waals surface area contributed by atoms with Crippen LogP contribution in [0, 0.1) is 0 Å². The van der Waals surface area contributed by atoms with Gasteiger partial charge in [0.05, 0.1) is 5.69 Å². The second-order valence-electron chi connectivity index (χ2n) is 3.78. The highest BCUT2D eigenvalue weighted by Gasteiger charge is 2.04. The SMILES string of the molecule is O=C(O)c1cccc(CNCc2ccncc2)n1. The van der Waals surface area contributed by atoms with Crippen molar-refractivity contribution in [3.05, 3.63) is 59.7 Å². The normalized spacial score (nSPS) is 10.2. The van der Waals surface area contributed by atoms with Crippen molar-refractivity contribution in [2.24, 2.45) is 0 Å². The highest BCUT2D eigenvalue weighted by Crippen LogP contribution is 2.01. The fourth-order valence-corrected chi connectivity index (χ4v) is 1.53. The van der Waals surface area contributed by atoms with E-state index in [1.54, 1.807) is 24.5 Å². The second kappa shape index (κ2) is 5.88. The van der Waals surface area contributed by atoms with Gasteiger partial charge in [0.25, 0.3) is 0 Å². The van der Waals surface area contributed by atoms with Crippen LogP contribution in [-0.4, -0.2) is 21.0 Å². The van der Waals surface area contributed by atoms with E-state index in [0.29, 0.717) is 18.8 Å². The molecule has 2 heterocycles. The third-order valence-electron chi connectivity index (χ3n) is 2.41. The Morgan fingerprint density at radius 2 is 1.94 bits per heavy atom. The van der Waals surface area contributed by atoms with Gasteiger partial charge in [-0.2, -0.15) is 0 Å². The fraction of sp³-hybridized carbons (Fsp3) is 0.154.